The normalized spacial score (nSPS) is 15.4. The molecule has 0 spiro atoms. The Balaban J connectivity index is 2.24. The zero-order chi connectivity index (χ0) is 14.2. The van der Waals surface area contributed by atoms with E-state index in [4.69, 9.17) is 17.3 Å². The van der Waals surface area contributed by atoms with E-state index in [9.17, 15) is 18.0 Å². The van der Waals surface area contributed by atoms with Crippen molar-refractivity contribution >= 4 is 23.2 Å². The first-order chi connectivity index (χ1) is 8.76. The predicted molar refractivity (Wildman–Crippen MR) is 66.0 cm³/mol. The minimum absolute atomic E-state index is 0.0844. The van der Waals surface area contributed by atoms with Crippen LogP contribution in [0.2, 0.25) is 5.02 Å². The van der Waals surface area contributed by atoms with Crippen LogP contribution in [0, 0.1) is 0 Å². The average molecular weight is 293 g/mol. The molecule has 0 heterocycles. The number of hydrogen-bond donors (Lipinski definition) is 1. The summed E-state index contributed by atoms with van der Waals surface area (Å²) in [5, 5.41) is 0.228. The van der Waals surface area contributed by atoms with E-state index in [0.717, 1.165) is 4.90 Å². The highest BCUT2D eigenvalue weighted by Crippen LogP contribution is 2.32. The van der Waals surface area contributed by atoms with Crippen molar-refractivity contribution < 1.29 is 18.0 Å². The van der Waals surface area contributed by atoms with Crippen LogP contribution >= 0.6 is 11.6 Å². The molecule has 2 N–H and O–H groups in total. The molecule has 1 aromatic rings. The first-order valence-corrected chi connectivity index (χ1v) is 6.08. The van der Waals surface area contributed by atoms with Gasteiger partial charge in [-0.1, -0.05) is 11.6 Å². The van der Waals surface area contributed by atoms with E-state index >= 15 is 0 Å². The van der Waals surface area contributed by atoms with Gasteiger partial charge in [-0.3, -0.25) is 4.79 Å². The summed E-state index contributed by atoms with van der Waals surface area (Å²) in [7, 11) is 0. The Bertz CT molecular complexity index is 480. The van der Waals surface area contributed by atoms with Gasteiger partial charge < -0.3 is 10.6 Å². The molecular formula is C12H12ClF3N2O. The third-order valence-electron chi connectivity index (χ3n) is 2.77. The standard InChI is InChI=1S/C12H12ClF3N2O/c13-8-3-7(4-9(17)5-8)11(19)18(10-1-2-10)6-12(14,15)16/h3-5,10H,1-2,6,17H2. The number of rotatable bonds is 3. The molecule has 2 rings (SSSR count). The molecule has 0 radical (unpaired) electrons. The number of halogens is 4. The van der Waals surface area contributed by atoms with Gasteiger partial charge in [-0.15, -0.1) is 0 Å². The number of nitrogens with two attached hydrogens (primary N) is 1. The quantitative estimate of drug-likeness (QED) is 0.870. The van der Waals surface area contributed by atoms with Crippen molar-refractivity contribution in [3.05, 3.63) is 28.8 Å². The molecule has 0 aromatic heterocycles. The van der Waals surface area contributed by atoms with Gasteiger partial charge in [0.05, 0.1) is 0 Å². The number of nitrogens with zero attached hydrogens (tertiary/aromatic N) is 1. The molecule has 1 aliphatic carbocycles. The third-order valence-corrected chi connectivity index (χ3v) is 2.98. The number of nitrogen functional groups attached to an aromatic ring is 1. The second-order valence-electron chi connectivity index (χ2n) is 4.55. The summed E-state index contributed by atoms with van der Waals surface area (Å²) in [5.41, 5.74) is 5.87. The summed E-state index contributed by atoms with van der Waals surface area (Å²) in [5.74, 6) is -0.686. The van der Waals surface area contributed by atoms with Crippen LogP contribution in [0.25, 0.3) is 0 Å². The first-order valence-electron chi connectivity index (χ1n) is 5.70. The third kappa shape index (κ3) is 3.76. The maximum atomic E-state index is 12.5. The number of hydrogen-bond acceptors (Lipinski definition) is 2. The van der Waals surface area contributed by atoms with Crippen LogP contribution in [-0.4, -0.2) is 29.6 Å². The van der Waals surface area contributed by atoms with Crippen LogP contribution in [0.1, 0.15) is 23.2 Å². The molecule has 7 heteroatoms. The fourth-order valence-electron chi connectivity index (χ4n) is 1.85. The van der Waals surface area contributed by atoms with Crippen LogP contribution in [0.15, 0.2) is 18.2 Å². The lowest BCUT2D eigenvalue weighted by molar-refractivity contribution is -0.141. The number of amides is 1. The second-order valence-corrected chi connectivity index (χ2v) is 4.99. The van der Waals surface area contributed by atoms with Gasteiger partial charge in [0.2, 0.25) is 0 Å². The monoisotopic (exact) mass is 292 g/mol. The Morgan fingerprint density at radius 3 is 2.47 bits per heavy atom. The van der Waals surface area contributed by atoms with E-state index in [1.54, 1.807) is 0 Å². The highest BCUT2D eigenvalue weighted by atomic mass is 35.5. The van der Waals surface area contributed by atoms with Crippen LogP contribution in [0.4, 0.5) is 18.9 Å². The number of alkyl halides is 3. The van der Waals surface area contributed by atoms with E-state index in [1.807, 2.05) is 0 Å². The molecule has 0 bridgehead atoms. The highest BCUT2D eigenvalue weighted by molar-refractivity contribution is 6.31. The summed E-state index contributed by atoms with van der Waals surface area (Å²) in [4.78, 5) is 13.0. The smallest absolute Gasteiger partial charge is 0.399 e. The number of benzene rings is 1. The molecule has 0 unspecified atom stereocenters. The molecule has 1 amide bonds. The summed E-state index contributed by atoms with van der Waals surface area (Å²) >= 11 is 5.75. The number of carbonyl (C=O) groups is 1. The topological polar surface area (TPSA) is 46.3 Å². The first kappa shape index (κ1) is 14.0. The van der Waals surface area contributed by atoms with Crippen LogP contribution in [0.3, 0.4) is 0 Å². The summed E-state index contributed by atoms with van der Waals surface area (Å²) in [6.07, 6.45) is -3.22. The van der Waals surface area contributed by atoms with Crippen LogP contribution in [0.5, 0.6) is 0 Å². The molecule has 1 aromatic carbocycles. The highest BCUT2D eigenvalue weighted by Gasteiger charge is 2.40. The number of anilines is 1. The van der Waals surface area contributed by atoms with Crippen molar-refractivity contribution in [3.63, 3.8) is 0 Å². The van der Waals surface area contributed by atoms with E-state index in [2.05, 4.69) is 0 Å². The molecule has 0 atom stereocenters. The van der Waals surface area contributed by atoms with Crippen molar-refractivity contribution in [1.29, 1.82) is 0 Å². The fraction of sp³-hybridized carbons (Fsp3) is 0.417. The van der Waals surface area contributed by atoms with Crippen molar-refractivity contribution in [2.24, 2.45) is 0 Å². The van der Waals surface area contributed by atoms with Crippen molar-refractivity contribution in [2.75, 3.05) is 12.3 Å². The van der Waals surface area contributed by atoms with Crippen LogP contribution < -0.4 is 5.73 Å². The number of carbonyl (C=O) groups excluding carboxylic acids is 1. The van der Waals surface area contributed by atoms with Gasteiger partial charge in [0.1, 0.15) is 6.54 Å². The molecule has 0 saturated heterocycles. The minimum atomic E-state index is -4.41. The van der Waals surface area contributed by atoms with Gasteiger partial charge in [-0.05, 0) is 31.0 Å². The molecule has 19 heavy (non-hydrogen) atoms. The Morgan fingerprint density at radius 1 is 1.37 bits per heavy atom. The lowest BCUT2D eigenvalue weighted by Crippen LogP contribution is -2.40. The van der Waals surface area contributed by atoms with Crippen molar-refractivity contribution in [1.82, 2.24) is 4.90 Å². The molecular weight excluding hydrogens is 281 g/mol. The zero-order valence-corrected chi connectivity index (χ0v) is 10.6. The fourth-order valence-corrected chi connectivity index (χ4v) is 2.09. The van der Waals surface area contributed by atoms with E-state index < -0.39 is 18.6 Å². The Kier molecular flexibility index (Phi) is 3.62. The Morgan fingerprint density at radius 2 is 2.00 bits per heavy atom. The summed E-state index contributed by atoms with van der Waals surface area (Å²) in [6, 6.07) is 3.75. The molecule has 1 fully saturated rings. The lowest BCUT2D eigenvalue weighted by Gasteiger charge is -2.24. The summed E-state index contributed by atoms with van der Waals surface area (Å²) in [6.45, 7) is -1.25. The predicted octanol–water partition coefficient (Wildman–Crippen LogP) is 3.09. The average Bonchev–Trinajstić information content (AvgIpc) is 3.06. The zero-order valence-electron chi connectivity index (χ0n) is 9.88. The second kappa shape index (κ2) is 4.92. The minimum Gasteiger partial charge on any atom is -0.399 e. The Hall–Kier alpha value is -1.43. The lowest BCUT2D eigenvalue weighted by atomic mass is 10.1. The molecule has 1 saturated carbocycles. The van der Waals surface area contributed by atoms with Gasteiger partial charge in [0.25, 0.3) is 5.91 Å². The Labute approximate surface area is 113 Å². The molecule has 0 aliphatic heterocycles. The van der Waals surface area contributed by atoms with Gasteiger partial charge in [0, 0.05) is 22.3 Å². The maximum Gasteiger partial charge on any atom is 0.406 e. The SMILES string of the molecule is Nc1cc(Cl)cc(C(=O)N(CC(F)(F)F)C2CC2)c1. The molecule has 1 aliphatic rings. The summed E-state index contributed by atoms with van der Waals surface area (Å²) < 4.78 is 37.5. The van der Waals surface area contributed by atoms with E-state index in [0.29, 0.717) is 12.8 Å². The molecule has 3 nitrogen and oxygen atoms in total. The largest absolute Gasteiger partial charge is 0.406 e. The van der Waals surface area contributed by atoms with Gasteiger partial charge in [-0.2, -0.15) is 13.2 Å². The van der Waals surface area contributed by atoms with E-state index in [1.165, 1.54) is 18.2 Å². The van der Waals surface area contributed by atoms with E-state index in [-0.39, 0.29) is 22.3 Å². The maximum absolute atomic E-state index is 12.5. The van der Waals surface area contributed by atoms with Gasteiger partial charge in [0.15, 0.2) is 0 Å². The van der Waals surface area contributed by atoms with Crippen LogP contribution in [-0.2, 0) is 0 Å². The van der Waals surface area contributed by atoms with Gasteiger partial charge in [-0.25, -0.2) is 0 Å². The molecule has 104 valence electrons. The van der Waals surface area contributed by atoms with Crippen molar-refractivity contribution in [3.8, 4) is 0 Å². The van der Waals surface area contributed by atoms with Crippen molar-refractivity contribution in [2.45, 2.75) is 25.1 Å². The van der Waals surface area contributed by atoms with Gasteiger partial charge >= 0.3 is 6.18 Å².